The monoisotopic (exact) mass is 250 g/mol. The van der Waals surface area contributed by atoms with Crippen molar-refractivity contribution in [2.75, 3.05) is 52.9 Å². The quantitative estimate of drug-likeness (QED) is 0.320. The third-order valence-electron chi connectivity index (χ3n) is 2.28. The Labute approximate surface area is 102 Å². The van der Waals surface area contributed by atoms with Crippen molar-refractivity contribution in [3.8, 4) is 0 Å². The van der Waals surface area contributed by atoms with Crippen molar-refractivity contribution in [3.63, 3.8) is 0 Å². The molecular weight excluding hydrogens is 228 g/mol. The second-order valence-electron chi connectivity index (χ2n) is 3.69. The van der Waals surface area contributed by atoms with Gasteiger partial charge in [-0.3, -0.25) is 0 Å². The van der Waals surface area contributed by atoms with Crippen LogP contribution >= 0.6 is 0 Å². The summed E-state index contributed by atoms with van der Waals surface area (Å²) >= 11 is 0. The number of ether oxygens (including phenoxy) is 3. The van der Waals surface area contributed by atoms with Gasteiger partial charge in [-0.05, 0) is 12.8 Å². The van der Waals surface area contributed by atoms with Gasteiger partial charge in [0.15, 0.2) is 0 Å². The van der Waals surface area contributed by atoms with Crippen LogP contribution in [0, 0.1) is 0 Å². The van der Waals surface area contributed by atoms with Crippen LogP contribution in [0.3, 0.4) is 0 Å². The first-order valence-electron chi connectivity index (χ1n) is 6.06. The minimum Gasteiger partial charge on any atom is -0.394 e. The van der Waals surface area contributed by atoms with E-state index in [1.165, 1.54) is 0 Å². The lowest BCUT2D eigenvalue weighted by Gasteiger charge is -2.09. The number of aliphatic hydroxyl groups is 1. The molecule has 6 nitrogen and oxygen atoms in total. The molecule has 0 aromatic carbocycles. The van der Waals surface area contributed by atoms with Gasteiger partial charge in [-0.2, -0.15) is 0 Å². The van der Waals surface area contributed by atoms with Gasteiger partial charge in [-0.1, -0.05) is 0 Å². The molecular formula is C11H22O6. The molecule has 0 aromatic rings. The molecule has 1 heterocycles. The van der Waals surface area contributed by atoms with Gasteiger partial charge in [0, 0.05) is 6.61 Å². The molecule has 0 amide bonds. The summed E-state index contributed by atoms with van der Waals surface area (Å²) in [6.45, 7) is 3.54. The van der Waals surface area contributed by atoms with Crippen LogP contribution in [0.5, 0.6) is 0 Å². The Bertz CT molecular complexity index is 160. The largest absolute Gasteiger partial charge is 0.394 e. The number of hydrogen-bond acceptors (Lipinski definition) is 6. The first kappa shape index (κ1) is 14.8. The predicted molar refractivity (Wildman–Crippen MR) is 59.6 cm³/mol. The molecule has 0 aromatic heterocycles. The number of hydrogen-bond donors (Lipinski definition) is 1. The third-order valence-corrected chi connectivity index (χ3v) is 2.28. The molecule has 0 saturated carbocycles. The lowest BCUT2D eigenvalue weighted by molar-refractivity contribution is -0.309. The summed E-state index contributed by atoms with van der Waals surface area (Å²) in [5, 5.41) is 8.44. The van der Waals surface area contributed by atoms with E-state index in [1.54, 1.807) is 0 Å². The normalized spacial score (nSPS) is 19.9. The maximum absolute atomic E-state index is 8.44. The van der Waals surface area contributed by atoms with Crippen LogP contribution in [0.1, 0.15) is 12.8 Å². The highest BCUT2D eigenvalue weighted by Gasteiger charge is 2.15. The molecule has 1 N–H and O–H groups in total. The van der Waals surface area contributed by atoms with Crippen LogP contribution in [-0.4, -0.2) is 64.1 Å². The predicted octanol–water partition coefficient (Wildman–Crippen LogP) is 0.139. The molecule has 0 radical (unpaired) electrons. The van der Waals surface area contributed by atoms with Gasteiger partial charge in [-0.25, -0.2) is 9.78 Å². The molecule has 1 unspecified atom stereocenters. The molecule has 1 aliphatic heterocycles. The minimum absolute atomic E-state index is 0.0419. The van der Waals surface area contributed by atoms with Gasteiger partial charge in [-0.15, -0.1) is 0 Å². The molecule has 6 heteroatoms. The van der Waals surface area contributed by atoms with E-state index in [2.05, 4.69) is 0 Å². The second kappa shape index (κ2) is 10.9. The molecule has 17 heavy (non-hydrogen) atoms. The van der Waals surface area contributed by atoms with Crippen LogP contribution in [0.4, 0.5) is 0 Å². The zero-order valence-electron chi connectivity index (χ0n) is 10.1. The van der Waals surface area contributed by atoms with E-state index >= 15 is 0 Å². The van der Waals surface area contributed by atoms with Gasteiger partial charge >= 0.3 is 0 Å². The van der Waals surface area contributed by atoms with Gasteiger partial charge < -0.3 is 19.3 Å². The van der Waals surface area contributed by atoms with E-state index in [-0.39, 0.29) is 12.7 Å². The summed E-state index contributed by atoms with van der Waals surface area (Å²) in [6, 6.07) is 0. The Balaban J connectivity index is 1.69. The molecule has 0 aliphatic carbocycles. The Kier molecular flexibility index (Phi) is 9.49. The number of aliphatic hydroxyl groups excluding tert-OH is 1. The molecule has 0 bridgehead atoms. The van der Waals surface area contributed by atoms with Crippen LogP contribution < -0.4 is 0 Å². The van der Waals surface area contributed by atoms with Crippen molar-refractivity contribution in [1.29, 1.82) is 0 Å². The van der Waals surface area contributed by atoms with E-state index < -0.39 is 0 Å². The van der Waals surface area contributed by atoms with Crippen LogP contribution in [0.25, 0.3) is 0 Å². The van der Waals surface area contributed by atoms with E-state index in [4.69, 9.17) is 29.1 Å². The molecule has 1 fully saturated rings. The SMILES string of the molecule is OCCOCCOCCOOCC1CCCO1. The summed E-state index contributed by atoms with van der Waals surface area (Å²) in [4.78, 5) is 9.93. The topological polar surface area (TPSA) is 66.4 Å². The van der Waals surface area contributed by atoms with Gasteiger partial charge in [0.2, 0.25) is 0 Å². The van der Waals surface area contributed by atoms with Gasteiger partial charge in [0.1, 0.15) is 13.2 Å². The zero-order valence-corrected chi connectivity index (χ0v) is 10.1. The Morgan fingerprint density at radius 1 is 1.00 bits per heavy atom. The van der Waals surface area contributed by atoms with Gasteiger partial charge in [0.25, 0.3) is 0 Å². The first-order valence-corrected chi connectivity index (χ1v) is 6.06. The molecule has 102 valence electrons. The zero-order chi connectivity index (χ0) is 12.2. The fourth-order valence-corrected chi connectivity index (χ4v) is 1.44. The summed E-state index contributed by atoms with van der Waals surface area (Å²) in [5.41, 5.74) is 0. The fraction of sp³-hybridized carbons (Fsp3) is 1.00. The molecule has 0 spiro atoms. The van der Waals surface area contributed by atoms with Crippen molar-refractivity contribution in [2.24, 2.45) is 0 Å². The summed E-state index contributed by atoms with van der Waals surface area (Å²) in [6.07, 6.45) is 2.33. The minimum atomic E-state index is 0.0419. The first-order chi connectivity index (χ1) is 8.43. The lowest BCUT2D eigenvalue weighted by Crippen LogP contribution is -2.16. The van der Waals surface area contributed by atoms with Crippen molar-refractivity contribution in [3.05, 3.63) is 0 Å². The molecule has 1 saturated heterocycles. The lowest BCUT2D eigenvalue weighted by atomic mass is 10.2. The summed E-state index contributed by atoms with van der Waals surface area (Å²) < 4.78 is 15.6. The molecule has 1 rings (SSSR count). The fourth-order valence-electron chi connectivity index (χ4n) is 1.44. The Morgan fingerprint density at radius 2 is 1.76 bits per heavy atom. The van der Waals surface area contributed by atoms with E-state index in [9.17, 15) is 0 Å². The van der Waals surface area contributed by atoms with E-state index in [0.717, 1.165) is 19.4 Å². The smallest absolute Gasteiger partial charge is 0.108 e. The maximum Gasteiger partial charge on any atom is 0.108 e. The molecule has 1 aliphatic rings. The van der Waals surface area contributed by atoms with Gasteiger partial charge in [0.05, 0.1) is 39.1 Å². The summed E-state index contributed by atoms with van der Waals surface area (Å²) in [5.74, 6) is 0. The Hall–Kier alpha value is -0.240. The van der Waals surface area contributed by atoms with E-state index in [0.29, 0.717) is 39.6 Å². The van der Waals surface area contributed by atoms with Crippen LogP contribution in [-0.2, 0) is 24.0 Å². The number of rotatable bonds is 11. The highest BCUT2D eigenvalue weighted by Crippen LogP contribution is 2.11. The summed E-state index contributed by atoms with van der Waals surface area (Å²) in [7, 11) is 0. The van der Waals surface area contributed by atoms with Crippen LogP contribution in [0.15, 0.2) is 0 Å². The standard InChI is InChI=1S/C11H22O6/c12-3-5-13-6-7-14-8-9-16-17-10-11-2-1-4-15-11/h11-12H,1-10H2. The molecule has 1 atom stereocenters. The van der Waals surface area contributed by atoms with Crippen molar-refractivity contribution in [1.82, 2.24) is 0 Å². The highest BCUT2D eigenvalue weighted by molar-refractivity contribution is 4.62. The average Bonchev–Trinajstić information content (AvgIpc) is 2.85. The average molecular weight is 250 g/mol. The van der Waals surface area contributed by atoms with Crippen LogP contribution in [0.2, 0.25) is 0 Å². The third kappa shape index (κ3) is 8.48. The van der Waals surface area contributed by atoms with E-state index in [1.807, 2.05) is 0 Å². The van der Waals surface area contributed by atoms with Crippen molar-refractivity contribution < 1.29 is 29.1 Å². The second-order valence-corrected chi connectivity index (χ2v) is 3.69. The maximum atomic E-state index is 8.44. The highest BCUT2D eigenvalue weighted by atomic mass is 17.2. The van der Waals surface area contributed by atoms with Crippen molar-refractivity contribution in [2.45, 2.75) is 18.9 Å². The Morgan fingerprint density at radius 3 is 2.47 bits per heavy atom. The van der Waals surface area contributed by atoms with Crippen molar-refractivity contribution >= 4 is 0 Å².